The molecule has 0 bridgehead atoms. The molecule has 1 aromatic heterocycles. The molecule has 1 aromatic rings. The van der Waals surface area contributed by atoms with Crippen LogP contribution < -0.4 is 16.0 Å². The maximum Gasteiger partial charge on any atom is 0.278 e. The zero-order valence-corrected chi connectivity index (χ0v) is 10.6. The second-order valence-electron chi connectivity index (χ2n) is 4.80. The number of rotatable bonds is 3. The third-order valence-corrected chi connectivity index (χ3v) is 3.39. The number of hydrogen-bond donors (Lipinski definition) is 2. The molecular weight excluding hydrogens is 230 g/mol. The lowest BCUT2D eigenvalue weighted by atomic mass is 9.84. The van der Waals surface area contributed by atoms with Gasteiger partial charge in [0.05, 0.1) is 0 Å². The molecule has 0 aliphatic heterocycles. The van der Waals surface area contributed by atoms with Crippen molar-refractivity contribution in [2.24, 2.45) is 5.84 Å². The number of hydrogen-bond acceptors (Lipinski definition) is 4. The van der Waals surface area contributed by atoms with Gasteiger partial charge in [0.15, 0.2) is 5.60 Å². The minimum absolute atomic E-state index is 0.260. The molecule has 0 aromatic carbocycles. The van der Waals surface area contributed by atoms with Crippen LogP contribution in [0.25, 0.3) is 0 Å². The summed E-state index contributed by atoms with van der Waals surface area (Å²) < 4.78 is 5.85. The number of aryl methyl sites for hydroxylation is 1. The molecule has 0 radical (unpaired) electrons. The van der Waals surface area contributed by atoms with Crippen molar-refractivity contribution in [3.05, 3.63) is 23.9 Å². The van der Waals surface area contributed by atoms with Crippen LogP contribution >= 0.6 is 0 Å². The topological polar surface area (TPSA) is 77.2 Å². The Hall–Kier alpha value is -1.62. The second kappa shape index (κ2) is 5.35. The first-order valence-corrected chi connectivity index (χ1v) is 6.29. The molecule has 0 unspecified atom stereocenters. The van der Waals surface area contributed by atoms with Gasteiger partial charge in [0.1, 0.15) is 0 Å². The highest BCUT2D eigenvalue weighted by molar-refractivity contribution is 5.85. The predicted molar refractivity (Wildman–Crippen MR) is 67.7 cm³/mol. The summed E-state index contributed by atoms with van der Waals surface area (Å²) in [5.41, 5.74) is 2.42. The molecule has 1 aliphatic carbocycles. The van der Waals surface area contributed by atoms with Gasteiger partial charge >= 0.3 is 0 Å². The lowest BCUT2D eigenvalue weighted by Gasteiger charge is -2.35. The minimum atomic E-state index is -0.852. The number of nitrogens with one attached hydrogen (secondary N) is 1. The fourth-order valence-electron chi connectivity index (χ4n) is 2.34. The van der Waals surface area contributed by atoms with Crippen molar-refractivity contribution in [3.8, 4) is 5.88 Å². The standard InChI is InChI=1S/C13H19N3O2/c1-10-5-6-11(15-9-10)18-13(12(17)16-14)7-3-2-4-8-13/h5-6,9H,2-4,7-8,14H2,1H3,(H,16,17). The number of pyridine rings is 1. The Labute approximate surface area is 107 Å². The Morgan fingerprint density at radius 1 is 1.39 bits per heavy atom. The van der Waals surface area contributed by atoms with Gasteiger partial charge in [-0.25, -0.2) is 10.8 Å². The minimum Gasteiger partial charge on any atom is -0.461 e. The van der Waals surface area contributed by atoms with Crippen LogP contribution in [0.4, 0.5) is 0 Å². The number of carbonyl (C=O) groups is 1. The summed E-state index contributed by atoms with van der Waals surface area (Å²) in [4.78, 5) is 16.2. The highest BCUT2D eigenvalue weighted by atomic mass is 16.5. The molecule has 0 atom stereocenters. The van der Waals surface area contributed by atoms with Crippen LogP contribution in [0.15, 0.2) is 18.3 Å². The zero-order valence-electron chi connectivity index (χ0n) is 10.6. The molecule has 18 heavy (non-hydrogen) atoms. The first-order chi connectivity index (χ1) is 8.66. The van der Waals surface area contributed by atoms with Crippen molar-refractivity contribution in [2.75, 3.05) is 0 Å². The van der Waals surface area contributed by atoms with E-state index in [1.807, 2.05) is 13.0 Å². The summed E-state index contributed by atoms with van der Waals surface area (Å²) in [7, 11) is 0. The van der Waals surface area contributed by atoms with Gasteiger partial charge < -0.3 is 4.74 Å². The number of hydrazine groups is 1. The lowest BCUT2D eigenvalue weighted by molar-refractivity contribution is -0.140. The van der Waals surface area contributed by atoms with E-state index in [0.717, 1.165) is 24.8 Å². The van der Waals surface area contributed by atoms with E-state index >= 15 is 0 Å². The smallest absolute Gasteiger partial charge is 0.278 e. The first-order valence-electron chi connectivity index (χ1n) is 6.29. The van der Waals surface area contributed by atoms with Crippen molar-refractivity contribution in [1.29, 1.82) is 0 Å². The van der Waals surface area contributed by atoms with Gasteiger partial charge in [-0.15, -0.1) is 0 Å². The highest BCUT2D eigenvalue weighted by Crippen LogP contribution is 2.32. The number of nitrogens with two attached hydrogens (primary N) is 1. The molecule has 5 heteroatoms. The van der Waals surface area contributed by atoms with Crippen LogP contribution in [0.1, 0.15) is 37.7 Å². The molecule has 1 saturated carbocycles. The molecule has 1 amide bonds. The quantitative estimate of drug-likeness (QED) is 0.483. The Balaban J connectivity index is 2.19. The summed E-state index contributed by atoms with van der Waals surface area (Å²) in [6.07, 6.45) is 6.17. The Bertz CT molecular complexity index is 411. The van der Waals surface area contributed by atoms with Gasteiger partial charge in [-0.3, -0.25) is 10.2 Å². The van der Waals surface area contributed by atoms with Gasteiger partial charge in [-0.05, 0) is 38.2 Å². The Morgan fingerprint density at radius 2 is 2.11 bits per heavy atom. The molecule has 0 spiro atoms. The largest absolute Gasteiger partial charge is 0.461 e. The predicted octanol–water partition coefficient (Wildman–Crippen LogP) is 1.46. The number of carbonyl (C=O) groups excluding carboxylic acids is 1. The normalized spacial score (nSPS) is 18.1. The highest BCUT2D eigenvalue weighted by Gasteiger charge is 2.42. The number of amides is 1. The van der Waals surface area contributed by atoms with Crippen LogP contribution in [-0.2, 0) is 4.79 Å². The summed E-state index contributed by atoms with van der Waals surface area (Å²) in [6.45, 7) is 1.96. The van der Waals surface area contributed by atoms with Gasteiger partial charge in [-0.2, -0.15) is 0 Å². The third kappa shape index (κ3) is 2.61. The van der Waals surface area contributed by atoms with E-state index < -0.39 is 5.60 Å². The fourth-order valence-corrected chi connectivity index (χ4v) is 2.34. The maximum absolute atomic E-state index is 12.0. The Morgan fingerprint density at radius 3 is 2.67 bits per heavy atom. The molecule has 5 nitrogen and oxygen atoms in total. The van der Waals surface area contributed by atoms with E-state index in [1.165, 1.54) is 0 Å². The molecular formula is C13H19N3O2. The second-order valence-corrected chi connectivity index (χ2v) is 4.80. The van der Waals surface area contributed by atoms with Crippen LogP contribution in [-0.4, -0.2) is 16.5 Å². The third-order valence-electron chi connectivity index (χ3n) is 3.39. The van der Waals surface area contributed by atoms with Crippen molar-refractivity contribution in [1.82, 2.24) is 10.4 Å². The van der Waals surface area contributed by atoms with E-state index in [9.17, 15) is 4.79 Å². The van der Waals surface area contributed by atoms with Crippen LogP contribution in [0, 0.1) is 6.92 Å². The SMILES string of the molecule is Cc1ccc(OC2(C(=O)NN)CCCCC2)nc1. The van der Waals surface area contributed by atoms with Crippen LogP contribution in [0.2, 0.25) is 0 Å². The van der Waals surface area contributed by atoms with E-state index in [4.69, 9.17) is 10.6 Å². The number of nitrogens with zero attached hydrogens (tertiary/aromatic N) is 1. The van der Waals surface area contributed by atoms with Gasteiger partial charge in [0.2, 0.25) is 5.88 Å². The van der Waals surface area contributed by atoms with Crippen molar-refractivity contribution in [2.45, 2.75) is 44.6 Å². The average molecular weight is 249 g/mol. The molecule has 3 N–H and O–H groups in total. The summed E-state index contributed by atoms with van der Waals surface area (Å²) in [6, 6.07) is 3.70. The molecule has 1 heterocycles. The lowest BCUT2D eigenvalue weighted by Crippen LogP contribution is -2.54. The van der Waals surface area contributed by atoms with Crippen LogP contribution in [0.3, 0.4) is 0 Å². The first kappa shape index (κ1) is 12.8. The monoisotopic (exact) mass is 249 g/mol. The van der Waals surface area contributed by atoms with Crippen molar-refractivity contribution >= 4 is 5.91 Å². The molecule has 0 saturated heterocycles. The van der Waals surface area contributed by atoms with Gasteiger partial charge in [0.25, 0.3) is 5.91 Å². The van der Waals surface area contributed by atoms with Gasteiger partial charge in [0, 0.05) is 12.3 Å². The summed E-state index contributed by atoms with van der Waals surface area (Å²) in [5, 5.41) is 0. The zero-order chi connectivity index (χ0) is 13.0. The molecule has 1 aliphatic rings. The van der Waals surface area contributed by atoms with Crippen molar-refractivity contribution < 1.29 is 9.53 Å². The molecule has 98 valence electrons. The van der Waals surface area contributed by atoms with E-state index in [0.29, 0.717) is 18.7 Å². The number of aromatic nitrogens is 1. The Kier molecular flexibility index (Phi) is 3.81. The number of ether oxygens (including phenoxy) is 1. The molecule has 2 rings (SSSR count). The maximum atomic E-state index is 12.0. The van der Waals surface area contributed by atoms with Gasteiger partial charge in [-0.1, -0.05) is 12.5 Å². The van der Waals surface area contributed by atoms with Crippen molar-refractivity contribution in [3.63, 3.8) is 0 Å². The van der Waals surface area contributed by atoms with E-state index in [1.54, 1.807) is 12.3 Å². The van der Waals surface area contributed by atoms with E-state index in [-0.39, 0.29) is 5.91 Å². The average Bonchev–Trinajstić information content (AvgIpc) is 2.41. The summed E-state index contributed by atoms with van der Waals surface area (Å²) in [5.74, 6) is 5.48. The summed E-state index contributed by atoms with van der Waals surface area (Å²) >= 11 is 0. The van der Waals surface area contributed by atoms with Crippen LogP contribution in [0.5, 0.6) is 5.88 Å². The van der Waals surface area contributed by atoms with E-state index in [2.05, 4.69) is 10.4 Å². The fraction of sp³-hybridized carbons (Fsp3) is 0.538. The molecule has 1 fully saturated rings.